The topological polar surface area (TPSA) is 64.6 Å². The SMILES string of the molecule is Cc1ccc(Oc2ccc(NC(=O)COc3ccc(C=O)cc3)cc2)cc1. The van der Waals surface area contributed by atoms with E-state index in [-0.39, 0.29) is 12.5 Å². The number of amides is 1. The maximum absolute atomic E-state index is 12.0. The smallest absolute Gasteiger partial charge is 0.262 e. The van der Waals surface area contributed by atoms with Gasteiger partial charge in [-0.2, -0.15) is 0 Å². The standard InChI is InChI=1S/C22H19NO4/c1-16-2-8-20(9-3-16)27-21-12-6-18(7-13-21)23-22(25)15-26-19-10-4-17(14-24)5-11-19/h2-14H,15H2,1H3,(H,23,25). The first-order valence-electron chi connectivity index (χ1n) is 8.45. The molecule has 0 saturated heterocycles. The minimum atomic E-state index is -0.276. The van der Waals surface area contributed by atoms with Crippen LogP contribution in [0, 0.1) is 6.92 Å². The molecule has 0 unspecified atom stereocenters. The molecule has 5 heteroatoms. The van der Waals surface area contributed by atoms with Gasteiger partial charge in [0.05, 0.1) is 0 Å². The fourth-order valence-corrected chi connectivity index (χ4v) is 2.34. The van der Waals surface area contributed by atoms with E-state index < -0.39 is 0 Å². The lowest BCUT2D eigenvalue weighted by atomic mass is 10.2. The lowest BCUT2D eigenvalue weighted by molar-refractivity contribution is -0.118. The fraction of sp³-hybridized carbons (Fsp3) is 0.0909. The average Bonchev–Trinajstić information content (AvgIpc) is 2.70. The molecule has 0 bridgehead atoms. The molecule has 27 heavy (non-hydrogen) atoms. The molecule has 0 saturated carbocycles. The van der Waals surface area contributed by atoms with Gasteiger partial charge in [-0.1, -0.05) is 17.7 Å². The second-order valence-electron chi connectivity index (χ2n) is 5.96. The lowest BCUT2D eigenvalue weighted by Crippen LogP contribution is -2.20. The Balaban J connectivity index is 1.50. The number of hydrogen-bond acceptors (Lipinski definition) is 4. The van der Waals surface area contributed by atoms with Gasteiger partial charge in [-0.3, -0.25) is 9.59 Å². The summed E-state index contributed by atoms with van der Waals surface area (Å²) in [4.78, 5) is 22.6. The van der Waals surface area contributed by atoms with E-state index in [1.54, 1.807) is 48.5 Å². The number of carbonyl (C=O) groups excluding carboxylic acids is 2. The highest BCUT2D eigenvalue weighted by atomic mass is 16.5. The molecule has 3 aromatic carbocycles. The highest BCUT2D eigenvalue weighted by molar-refractivity contribution is 5.91. The normalized spacial score (nSPS) is 10.1. The van der Waals surface area contributed by atoms with Crippen LogP contribution in [0.3, 0.4) is 0 Å². The Morgan fingerprint density at radius 3 is 2.00 bits per heavy atom. The molecule has 1 N–H and O–H groups in total. The Bertz CT molecular complexity index is 901. The third-order valence-corrected chi connectivity index (χ3v) is 3.78. The summed E-state index contributed by atoms with van der Waals surface area (Å²) in [5.41, 5.74) is 2.37. The maximum Gasteiger partial charge on any atom is 0.262 e. The van der Waals surface area contributed by atoms with Crippen molar-refractivity contribution in [1.82, 2.24) is 0 Å². The molecule has 3 aromatic rings. The van der Waals surface area contributed by atoms with Crippen molar-refractivity contribution in [3.8, 4) is 17.2 Å². The molecule has 0 aliphatic carbocycles. The van der Waals surface area contributed by atoms with E-state index in [0.29, 0.717) is 22.7 Å². The Hall–Kier alpha value is -3.60. The van der Waals surface area contributed by atoms with Crippen molar-refractivity contribution >= 4 is 17.9 Å². The summed E-state index contributed by atoms with van der Waals surface area (Å²) in [6, 6.07) is 21.4. The summed E-state index contributed by atoms with van der Waals surface area (Å²) in [6.45, 7) is 1.90. The number of ether oxygens (including phenoxy) is 2. The zero-order valence-corrected chi connectivity index (χ0v) is 14.8. The van der Waals surface area contributed by atoms with Gasteiger partial charge in [0.2, 0.25) is 0 Å². The minimum Gasteiger partial charge on any atom is -0.484 e. The van der Waals surface area contributed by atoms with E-state index in [2.05, 4.69) is 5.32 Å². The van der Waals surface area contributed by atoms with E-state index in [1.165, 1.54) is 5.56 Å². The van der Waals surface area contributed by atoms with Gasteiger partial charge in [-0.25, -0.2) is 0 Å². The third kappa shape index (κ3) is 5.44. The van der Waals surface area contributed by atoms with E-state index in [1.807, 2.05) is 31.2 Å². The van der Waals surface area contributed by atoms with Crippen LogP contribution in [-0.4, -0.2) is 18.8 Å². The number of anilines is 1. The molecule has 3 rings (SSSR count). The van der Waals surface area contributed by atoms with Gasteiger partial charge >= 0.3 is 0 Å². The summed E-state index contributed by atoms with van der Waals surface area (Å²) < 4.78 is 11.2. The molecule has 0 heterocycles. The van der Waals surface area contributed by atoms with Crippen LogP contribution < -0.4 is 14.8 Å². The quantitative estimate of drug-likeness (QED) is 0.624. The predicted octanol–water partition coefficient (Wildman–Crippen LogP) is 4.62. The molecular weight excluding hydrogens is 342 g/mol. The molecule has 0 aliphatic rings. The number of aldehydes is 1. The molecule has 5 nitrogen and oxygen atoms in total. The minimum absolute atomic E-state index is 0.123. The number of rotatable bonds is 7. The van der Waals surface area contributed by atoms with Crippen LogP contribution in [0.4, 0.5) is 5.69 Å². The van der Waals surface area contributed by atoms with Crippen LogP contribution in [0.5, 0.6) is 17.2 Å². The second kappa shape index (κ2) is 8.67. The monoisotopic (exact) mass is 361 g/mol. The third-order valence-electron chi connectivity index (χ3n) is 3.78. The number of aryl methyl sites for hydroxylation is 1. The van der Waals surface area contributed by atoms with E-state index in [9.17, 15) is 9.59 Å². The molecule has 0 atom stereocenters. The Morgan fingerprint density at radius 2 is 1.41 bits per heavy atom. The summed E-state index contributed by atoms with van der Waals surface area (Å²) in [5.74, 6) is 1.69. The predicted molar refractivity (Wildman–Crippen MR) is 104 cm³/mol. The van der Waals surface area contributed by atoms with Gasteiger partial charge < -0.3 is 14.8 Å². The molecule has 1 amide bonds. The zero-order valence-electron chi connectivity index (χ0n) is 14.8. The summed E-state index contributed by atoms with van der Waals surface area (Å²) >= 11 is 0. The Kier molecular flexibility index (Phi) is 5.84. The summed E-state index contributed by atoms with van der Waals surface area (Å²) in [5, 5.41) is 2.76. The summed E-state index contributed by atoms with van der Waals surface area (Å²) in [7, 11) is 0. The number of carbonyl (C=O) groups is 2. The Labute approximate surface area is 157 Å². The van der Waals surface area contributed by atoms with Crippen molar-refractivity contribution < 1.29 is 19.1 Å². The second-order valence-corrected chi connectivity index (χ2v) is 5.96. The van der Waals surface area contributed by atoms with E-state index >= 15 is 0 Å². The fourth-order valence-electron chi connectivity index (χ4n) is 2.34. The Morgan fingerprint density at radius 1 is 0.852 bits per heavy atom. The molecule has 136 valence electrons. The van der Waals surface area contributed by atoms with Gasteiger partial charge in [0.25, 0.3) is 5.91 Å². The van der Waals surface area contributed by atoms with Gasteiger partial charge in [-0.15, -0.1) is 0 Å². The first kappa shape index (κ1) is 18.2. The number of nitrogens with one attached hydrogen (secondary N) is 1. The van der Waals surface area contributed by atoms with Gasteiger partial charge in [0.15, 0.2) is 6.61 Å². The lowest BCUT2D eigenvalue weighted by Gasteiger charge is -2.09. The van der Waals surface area contributed by atoms with Crippen LogP contribution in [-0.2, 0) is 4.79 Å². The zero-order chi connectivity index (χ0) is 19.1. The summed E-state index contributed by atoms with van der Waals surface area (Å²) in [6.07, 6.45) is 0.753. The van der Waals surface area contributed by atoms with E-state index in [0.717, 1.165) is 12.0 Å². The van der Waals surface area contributed by atoms with Crippen LogP contribution in [0.25, 0.3) is 0 Å². The first-order valence-corrected chi connectivity index (χ1v) is 8.45. The van der Waals surface area contributed by atoms with Crippen molar-refractivity contribution in [2.24, 2.45) is 0 Å². The van der Waals surface area contributed by atoms with Crippen LogP contribution in [0.1, 0.15) is 15.9 Å². The number of benzene rings is 3. The van der Waals surface area contributed by atoms with Crippen LogP contribution in [0.15, 0.2) is 72.8 Å². The van der Waals surface area contributed by atoms with Gasteiger partial charge in [-0.05, 0) is 67.6 Å². The van der Waals surface area contributed by atoms with Crippen LogP contribution in [0.2, 0.25) is 0 Å². The largest absolute Gasteiger partial charge is 0.484 e. The van der Waals surface area contributed by atoms with Gasteiger partial charge in [0, 0.05) is 11.3 Å². The first-order chi connectivity index (χ1) is 13.1. The molecule has 0 spiro atoms. The molecule has 0 fully saturated rings. The average molecular weight is 361 g/mol. The highest BCUT2D eigenvalue weighted by Crippen LogP contribution is 2.23. The molecule has 0 aliphatic heterocycles. The number of hydrogen-bond donors (Lipinski definition) is 1. The molecule has 0 aromatic heterocycles. The highest BCUT2D eigenvalue weighted by Gasteiger charge is 2.05. The van der Waals surface area contributed by atoms with E-state index in [4.69, 9.17) is 9.47 Å². The van der Waals surface area contributed by atoms with Crippen molar-refractivity contribution in [1.29, 1.82) is 0 Å². The van der Waals surface area contributed by atoms with Crippen LogP contribution >= 0.6 is 0 Å². The van der Waals surface area contributed by atoms with Crippen molar-refractivity contribution in [3.05, 3.63) is 83.9 Å². The van der Waals surface area contributed by atoms with Crippen molar-refractivity contribution in [2.75, 3.05) is 11.9 Å². The molecular formula is C22H19NO4. The van der Waals surface area contributed by atoms with Crippen molar-refractivity contribution in [2.45, 2.75) is 6.92 Å². The van der Waals surface area contributed by atoms with Crippen molar-refractivity contribution in [3.63, 3.8) is 0 Å². The maximum atomic E-state index is 12.0. The molecule has 0 radical (unpaired) electrons. The van der Waals surface area contributed by atoms with Gasteiger partial charge in [0.1, 0.15) is 23.5 Å².